The molecular formula is C7H15N2O4P. The summed E-state index contributed by atoms with van der Waals surface area (Å²) in [5.74, 6) is 0. The second-order valence-electron chi connectivity index (χ2n) is 2.66. The predicted molar refractivity (Wildman–Crippen MR) is 50.7 cm³/mol. The fourth-order valence-electron chi connectivity index (χ4n) is 0.765. The summed E-state index contributed by atoms with van der Waals surface area (Å²) >= 11 is 0. The van der Waals surface area contributed by atoms with Gasteiger partial charge in [0.05, 0.1) is 18.3 Å². The molecule has 0 aromatic carbocycles. The highest BCUT2D eigenvalue weighted by Crippen LogP contribution is 2.42. The zero-order chi connectivity index (χ0) is 11.0. The third-order valence-corrected chi connectivity index (χ3v) is 2.91. The Labute approximate surface area is 83.4 Å². The molecule has 0 rings (SSSR count). The van der Waals surface area contributed by atoms with E-state index in [9.17, 15) is 9.46 Å². The Bertz CT molecular complexity index is 240. The number of nitrogens with zero attached hydrogens (tertiary/aromatic N) is 1. The molecule has 0 aliphatic heterocycles. The van der Waals surface area contributed by atoms with Crippen molar-refractivity contribution in [3.63, 3.8) is 0 Å². The smallest absolute Gasteiger partial charge is 0.330 e. The lowest BCUT2D eigenvalue weighted by molar-refractivity contribution is 0.0429. The summed E-state index contributed by atoms with van der Waals surface area (Å²) in [6.45, 7) is -0.218. The van der Waals surface area contributed by atoms with Gasteiger partial charge in [0.15, 0.2) is 6.79 Å². The van der Waals surface area contributed by atoms with Crippen LogP contribution in [0.4, 0.5) is 0 Å². The van der Waals surface area contributed by atoms with E-state index < -0.39 is 13.6 Å². The molecule has 0 aromatic heterocycles. The maximum Gasteiger partial charge on any atom is 0.330 e. The molecule has 2 atom stereocenters. The molecule has 6 nitrogen and oxygen atoms in total. The van der Waals surface area contributed by atoms with Crippen LogP contribution in [0.3, 0.4) is 0 Å². The molecule has 2 N–H and O–H groups in total. The van der Waals surface area contributed by atoms with Crippen molar-refractivity contribution in [3.8, 4) is 6.07 Å². The molecule has 0 aromatic rings. The second-order valence-corrected chi connectivity index (χ2v) is 4.64. The van der Waals surface area contributed by atoms with Gasteiger partial charge in [0, 0.05) is 7.11 Å². The van der Waals surface area contributed by atoms with E-state index in [0.717, 1.165) is 0 Å². The molecular weight excluding hydrogens is 207 g/mol. The molecule has 0 radical (unpaired) electrons. The minimum atomic E-state index is -3.61. The largest absolute Gasteiger partial charge is 0.358 e. The molecule has 14 heavy (non-hydrogen) atoms. The zero-order valence-electron chi connectivity index (χ0n) is 8.27. The van der Waals surface area contributed by atoms with E-state index >= 15 is 0 Å². The van der Waals surface area contributed by atoms with E-state index in [1.54, 1.807) is 7.05 Å². The predicted octanol–water partition coefficient (Wildman–Crippen LogP) is 0.294. The Morgan fingerprint density at radius 3 is 2.79 bits per heavy atom. The van der Waals surface area contributed by atoms with Gasteiger partial charge in [-0.3, -0.25) is 9.09 Å². The average molecular weight is 222 g/mol. The number of nitriles is 1. The van der Waals surface area contributed by atoms with Crippen molar-refractivity contribution in [1.82, 2.24) is 5.32 Å². The normalized spacial score (nSPS) is 17.0. The van der Waals surface area contributed by atoms with Crippen LogP contribution in [0.25, 0.3) is 0 Å². The van der Waals surface area contributed by atoms with Gasteiger partial charge in [-0.1, -0.05) is 0 Å². The number of nitrogens with one attached hydrogen (secondary N) is 1. The monoisotopic (exact) mass is 222 g/mol. The van der Waals surface area contributed by atoms with Crippen LogP contribution in [0.1, 0.15) is 6.42 Å². The Balaban J connectivity index is 3.86. The quantitative estimate of drug-likeness (QED) is 0.475. The highest BCUT2D eigenvalue weighted by molar-refractivity contribution is 7.52. The third kappa shape index (κ3) is 6.08. The summed E-state index contributed by atoms with van der Waals surface area (Å²) in [7, 11) is -0.621. The van der Waals surface area contributed by atoms with Gasteiger partial charge in [0.2, 0.25) is 0 Å². The van der Waals surface area contributed by atoms with E-state index in [-0.39, 0.29) is 19.4 Å². The lowest BCUT2D eigenvalue weighted by Gasteiger charge is -2.12. The molecule has 0 amide bonds. The fraction of sp³-hybridized carbons (Fsp3) is 0.857. The average Bonchev–Trinajstić information content (AvgIpc) is 2.16. The first-order valence-electron chi connectivity index (χ1n) is 4.08. The molecule has 0 spiro atoms. The van der Waals surface area contributed by atoms with Gasteiger partial charge >= 0.3 is 7.60 Å². The Morgan fingerprint density at radius 1 is 1.71 bits per heavy atom. The van der Waals surface area contributed by atoms with Crippen LogP contribution in [0.5, 0.6) is 0 Å². The number of hydrogen-bond donors (Lipinski definition) is 2. The standard InChI is InChI=1S/C7H15N2O4P/c1-9-7(5-8)3-4-14(10,11)13-6-12-2/h7,9H,3-4,6H2,1-2H3,(H,10,11). The van der Waals surface area contributed by atoms with Gasteiger partial charge in [-0.2, -0.15) is 5.26 Å². The van der Waals surface area contributed by atoms with E-state index in [1.165, 1.54) is 7.11 Å². The van der Waals surface area contributed by atoms with E-state index in [0.29, 0.717) is 0 Å². The Hall–Kier alpha value is -0.440. The first kappa shape index (κ1) is 13.6. The summed E-state index contributed by atoms with van der Waals surface area (Å²) in [6, 6.07) is 1.52. The van der Waals surface area contributed by atoms with Crippen LogP contribution < -0.4 is 5.32 Å². The summed E-state index contributed by atoms with van der Waals surface area (Å²) in [6.07, 6.45) is 0.208. The van der Waals surface area contributed by atoms with E-state index in [1.807, 2.05) is 6.07 Å². The van der Waals surface area contributed by atoms with Gasteiger partial charge < -0.3 is 14.9 Å². The molecule has 82 valence electrons. The zero-order valence-corrected chi connectivity index (χ0v) is 9.16. The molecule has 0 saturated carbocycles. The topological polar surface area (TPSA) is 91.6 Å². The van der Waals surface area contributed by atoms with Gasteiger partial charge in [-0.25, -0.2) is 0 Å². The van der Waals surface area contributed by atoms with Crippen LogP contribution in [-0.4, -0.2) is 38.0 Å². The number of rotatable bonds is 7. The van der Waals surface area contributed by atoms with Crippen molar-refractivity contribution in [3.05, 3.63) is 0 Å². The minimum absolute atomic E-state index is 0.0601. The molecule has 0 fully saturated rings. The Kier molecular flexibility index (Phi) is 6.71. The van der Waals surface area contributed by atoms with Crippen molar-refractivity contribution < 1.29 is 18.7 Å². The van der Waals surface area contributed by atoms with E-state index in [2.05, 4.69) is 14.6 Å². The molecule has 2 unspecified atom stereocenters. The van der Waals surface area contributed by atoms with Gasteiger partial charge in [0.1, 0.15) is 0 Å². The Morgan fingerprint density at radius 2 is 2.36 bits per heavy atom. The molecule has 0 saturated heterocycles. The highest BCUT2D eigenvalue weighted by Gasteiger charge is 2.20. The SMILES string of the molecule is CNC(C#N)CCP(=O)(O)OCOC. The number of methoxy groups -OCH3 is 1. The van der Waals surface area contributed by atoms with Crippen molar-refractivity contribution in [1.29, 1.82) is 5.26 Å². The first-order chi connectivity index (χ1) is 6.55. The van der Waals surface area contributed by atoms with Crippen molar-refractivity contribution in [2.24, 2.45) is 0 Å². The van der Waals surface area contributed by atoms with Crippen LogP contribution in [-0.2, 0) is 13.8 Å². The number of ether oxygens (including phenoxy) is 1. The minimum Gasteiger partial charge on any atom is -0.358 e. The van der Waals surface area contributed by atoms with Crippen LogP contribution in [0, 0.1) is 11.3 Å². The first-order valence-corrected chi connectivity index (χ1v) is 5.84. The molecule has 0 bridgehead atoms. The van der Waals surface area contributed by atoms with Crippen molar-refractivity contribution in [2.45, 2.75) is 12.5 Å². The molecule has 7 heteroatoms. The third-order valence-electron chi connectivity index (χ3n) is 1.58. The molecule has 0 heterocycles. The lowest BCUT2D eigenvalue weighted by atomic mass is 10.3. The maximum atomic E-state index is 11.2. The molecule has 0 aliphatic carbocycles. The summed E-state index contributed by atoms with van der Waals surface area (Å²) in [4.78, 5) is 9.20. The van der Waals surface area contributed by atoms with Crippen molar-refractivity contribution in [2.75, 3.05) is 27.1 Å². The van der Waals surface area contributed by atoms with Gasteiger partial charge in [-0.15, -0.1) is 0 Å². The summed E-state index contributed by atoms with van der Waals surface area (Å²) in [5.41, 5.74) is 0. The van der Waals surface area contributed by atoms with Crippen LogP contribution in [0.15, 0.2) is 0 Å². The summed E-state index contributed by atoms with van der Waals surface area (Å²) in [5, 5.41) is 11.2. The lowest BCUT2D eigenvalue weighted by Crippen LogP contribution is -2.24. The molecule has 0 aliphatic rings. The highest BCUT2D eigenvalue weighted by atomic mass is 31.2. The van der Waals surface area contributed by atoms with Crippen LogP contribution in [0.2, 0.25) is 0 Å². The van der Waals surface area contributed by atoms with Gasteiger partial charge in [-0.05, 0) is 13.5 Å². The number of hydrogen-bond acceptors (Lipinski definition) is 5. The van der Waals surface area contributed by atoms with Crippen molar-refractivity contribution >= 4 is 7.60 Å². The maximum absolute atomic E-state index is 11.2. The summed E-state index contributed by atoms with van der Waals surface area (Å²) < 4.78 is 20.3. The van der Waals surface area contributed by atoms with Crippen LogP contribution >= 0.6 is 7.60 Å². The second kappa shape index (κ2) is 6.93. The van der Waals surface area contributed by atoms with E-state index in [4.69, 9.17) is 5.26 Å². The van der Waals surface area contributed by atoms with Gasteiger partial charge in [0.25, 0.3) is 0 Å². The fourth-order valence-corrected chi connectivity index (χ4v) is 1.75.